The standard InChI is InChI=1S/C9H20N2.C8H17NO.CH4/c1-9(2,3)11-7-5-10(4)6-8-11;1-8(2,3)9-4-6-10-7-5-9;/h5-8H2,1-4H3;4-7H2,1-3H3;1H4. The minimum atomic E-state index is 0. The molecule has 0 amide bonds. The Bertz CT molecular complexity index is 280. The van der Waals surface area contributed by atoms with Gasteiger partial charge in [-0.05, 0) is 48.6 Å². The van der Waals surface area contributed by atoms with Gasteiger partial charge in [0.2, 0.25) is 0 Å². The third kappa shape index (κ3) is 7.91. The maximum atomic E-state index is 5.25. The molecule has 134 valence electrons. The second-order valence-corrected chi connectivity index (χ2v) is 8.23. The number of morpholine rings is 1. The van der Waals surface area contributed by atoms with E-state index in [-0.39, 0.29) is 7.43 Å². The first-order valence-corrected chi connectivity index (χ1v) is 8.37. The van der Waals surface area contributed by atoms with Crippen LogP contribution in [0.2, 0.25) is 0 Å². The van der Waals surface area contributed by atoms with Crippen LogP contribution in [0, 0.1) is 0 Å². The molecule has 2 aliphatic heterocycles. The summed E-state index contributed by atoms with van der Waals surface area (Å²) in [6, 6.07) is 0. The van der Waals surface area contributed by atoms with Crippen LogP contribution < -0.4 is 0 Å². The van der Waals surface area contributed by atoms with Gasteiger partial charge in [-0.15, -0.1) is 0 Å². The van der Waals surface area contributed by atoms with Gasteiger partial charge in [0.05, 0.1) is 13.2 Å². The number of rotatable bonds is 0. The lowest BCUT2D eigenvalue weighted by molar-refractivity contribution is -0.00389. The van der Waals surface area contributed by atoms with E-state index in [2.05, 4.69) is 63.3 Å². The van der Waals surface area contributed by atoms with Crippen LogP contribution in [0.25, 0.3) is 0 Å². The van der Waals surface area contributed by atoms with Crippen molar-refractivity contribution in [2.75, 3.05) is 59.5 Å². The molecule has 0 aromatic heterocycles. The summed E-state index contributed by atoms with van der Waals surface area (Å²) in [6.45, 7) is 22.5. The number of ether oxygens (including phenoxy) is 1. The predicted octanol–water partition coefficient (Wildman–Crippen LogP) is 2.79. The molecule has 0 aliphatic carbocycles. The number of hydrogen-bond acceptors (Lipinski definition) is 4. The van der Waals surface area contributed by atoms with Gasteiger partial charge in [0, 0.05) is 50.3 Å². The SMILES string of the molecule is C.CC(C)(C)N1CCOCC1.CN1CCN(C(C)(C)C)CC1. The number of nitrogens with zero attached hydrogens (tertiary/aromatic N) is 3. The fourth-order valence-electron chi connectivity index (χ4n) is 2.71. The number of hydrogen-bond donors (Lipinski definition) is 0. The number of likely N-dealkylation sites (N-methyl/N-ethyl adjacent to an activating group) is 1. The molecule has 0 radical (unpaired) electrons. The molecule has 2 aliphatic rings. The van der Waals surface area contributed by atoms with Crippen LogP contribution in [0.15, 0.2) is 0 Å². The van der Waals surface area contributed by atoms with Gasteiger partial charge >= 0.3 is 0 Å². The Balaban J connectivity index is 0.000000385. The van der Waals surface area contributed by atoms with Gasteiger partial charge in [-0.3, -0.25) is 9.80 Å². The van der Waals surface area contributed by atoms with Crippen molar-refractivity contribution in [2.45, 2.75) is 60.0 Å². The molecule has 2 heterocycles. The Labute approximate surface area is 139 Å². The van der Waals surface area contributed by atoms with Gasteiger partial charge in [-0.1, -0.05) is 7.43 Å². The van der Waals surface area contributed by atoms with E-state index in [1.807, 2.05) is 0 Å². The third-order valence-corrected chi connectivity index (χ3v) is 4.41. The summed E-state index contributed by atoms with van der Waals surface area (Å²) in [5.74, 6) is 0. The van der Waals surface area contributed by atoms with Crippen molar-refractivity contribution in [3.63, 3.8) is 0 Å². The van der Waals surface area contributed by atoms with Crippen molar-refractivity contribution in [1.29, 1.82) is 0 Å². The van der Waals surface area contributed by atoms with Crippen LogP contribution in [-0.4, -0.2) is 85.3 Å². The second-order valence-electron chi connectivity index (χ2n) is 8.23. The Hall–Kier alpha value is -0.160. The van der Waals surface area contributed by atoms with Gasteiger partial charge < -0.3 is 9.64 Å². The van der Waals surface area contributed by atoms with Crippen molar-refractivity contribution in [3.8, 4) is 0 Å². The smallest absolute Gasteiger partial charge is 0.0594 e. The lowest BCUT2D eigenvalue weighted by Crippen LogP contribution is -2.52. The lowest BCUT2D eigenvalue weighted by Gasteiger charge is -2.41. The van der Waals surface area contributed by atoms with E-state index in [4.69, 9.17) is 4.74 Å². The van der Waals surface area contributed by atoms with Gasteiger partial charge in [-0.25, -0.2) is 0 Å². The first-order chi connectivity index (χ1) is 9.60. The Morgan fingerprint density at radius 1 is 0.636 bits per heavy atom. The zero-order chi connectivity index (χ0) is 16.1. The van der Waals surface area contributed by atoms with Crippen LogP contribution >= 0.6 is 0 Å². The van der Waals surface area contributed by atoms with Gasteiger partial charge in [0.15, 0.2) is 0 Å². The minimum absolute atomic E-state index is 0. The summed E-state index contributed by atoms with van der Waals surface area (Å²) in [5.41, 5.74) is 0.686. The molecule has 4 nitrogen and oxygen atoms in total. The molecule has 0 bridgehead atoms. The quantitative estimate of drug-likeness (QED) is 0.684. The topological polar surface area (TPSA) is 19.0 Å². The van der Waals surface area contributed by atoms with E-state index in [0.29, 0.717) is 11.1 Å². The highest BCUT2D eigenvalue weighted by atomic mass is 16.5. The number of piperazine rings is 1. The molecule has 4 heteroatoms. The van der Waals surface area contributed by atoms with E-state index in [9.17, 15) is 0 Å². The summed E-state index contributed by atoms with van der Waals surface area (Å²) < 4.78 is 5.25. The minimum Gasteiger partial charge on any atom is -0.379 e. The molecule has 0 aromatic rings. The molecular formula is C18H41N3O. The van der Waals surface area contributed by atoms with Crippen molar-refractivity contribution >= 4 is 0 Å². The highest BCUT2D eigenvalue weighted by molar-refractivity contribution is 4.80. The summed E-state index contributed by atoms with van der Waals surface area (Å²) >= 11 is 0. The first kappa shape index (κ1) is 21.8. The fourth-order valence-corrected chi connectivity index (χ4v) is 2.71. The molecule has 0 N–H and O–H groups in total. The van der Waals surface area contributed by atoms with Gasteiger partial charge in [0.25, 0.3) is 0 Å². The van der Waals surface area contributed by atoms with E-state index < -0.39 is 0 Å². The molecule has 22 heavy (non-hydrogen) atoms. The summed E-state index contributed by atoms with van der Waals surface area (Å²) in [5, 5.41) is 0. The van der Waals surface area contributed by atoms with Crippen molar-refractivity contribution in [3.05, 3.63) is 0 Å². The maximum absolute atomic E-state index is 5.25. The third-order valence-electron chi connectivity index (χ3n) is 4.41. The Kier molecular flexibility index (Phi) is 9.15. The summed E-state index contributed by atoms with van der Waals surface area (Å²) in [6.07, 6.45) is 0. The van der Waals surface area contributed by atoms with Gasteiger partial charge in [0.1, 0.15) is 0 Å². The monoisotopic (exact) mass is 315 g/mol. The van der Waals surface area contributed by atoms with E-state index >= 15 is 0 Å². The highest BCUT2D eigenvalue weighted by Crippen LogP contribution is 2.15. The van der Waals surface area contributed by atoms with Crippen LogP contribution in [0.3, 0.4) is 0 Å². The Morgan fingerprint density at radius 3 is 1.32 bits per heavy atom. The second kappa shape index (κ2) is 9.21. The van der Waals surface area contributed by atoms with Crippen LogP contribution in [0.5, 0.6) is 0 Å². The van der Waals surface area contributed by atoms with Crippen LogP contribution in [0.4, 0.5) is 0 Å². The molecule has 2 saturated heterocycles. The molecule has 0 saturated carbocycles. The molecule has 0 spiro atoms. The summed E-state index contributed by atoms with van der Waals surface area (Å²) in [7, 11) is 2.19. The van der Waals surface area contributed by atoms with E-state index in [0.717, 1.165) is 26.3 Å². The zero-order valence-electron chi connectivity index (χ0n) is 15.4. The average Bonchev–Trinajstić information content (AvgIpc) is 2.39. The van der Waals surface area contributed by atoms with Crippen LogP contribution in [-0.2, 0) is 4.74 Å². The first-order valence-electron chi connectivity index (χ1n) is 8.37. The van der Waals surface area contributed by atoms with Crippen molar-refractivity contribution < 1.29 is 4.74 Å². The van der Waals surface area contributed by atoms with Gasteiger partial charge in [-0.2, -0.15) is 0 Å². The Morgan fingerprint density at radius 2 is 1.00 bits per heavy atom. The molecular weight excluding hydrogens is 274 g/mol. The molecule has 0 unspecified atom stereocenters. The van der Waals surface area contributed by atoms with E-state index in [1.165, 1.54) is 26.2 Å². The predicted molar refractivity (Wildman–Crippen MR) is 97.7 cm³/mol. The maximum Gasteiger partial charge on any atom is 0.0594 e. The molecule has 0 atom stereocenters. The molecule has 2 fully saturated rings. The summed E-state index contributed by atoms with van der Waals surface area (Å²) in [4.78, 5) is 7.39. The molecule has 2 rings (SSSR count). The highest BCUT2D eigenvalue weighted by Gasteiger charge is 2.24. The normalized spacial score (nSPS) is 22.5. The largest absolute Gasteiger partial charge is 0.379 e. The lowest BCUT2D eigenvalue weighted by atomic mass is 10.1. The van der Waals surface area contributed by atoms with E-state index in [1.54, 1.807) is 0 Å². The van der Waals surface area contributed by atoms with Crippen molar-refractivity contribution in [2.24, 2.45) is 0 Å². The average molecular weight is 316 g/mol. The molecule has 0 aromatic carbocycles. The zero-order valence-corrected chi connectivity index (χ0v) is 15.4. The fraction of sp³-hybridized carbons (Fsp3) is 1.00. The van der Waals surface area contributed by atoms with Crippen LogP contribution in [0.1, 0.15) is 49.0 Å². The van der Waals surface area contributed by atoms with Crippen molar-refractivity contribution in [1.82, 2.24) is 14.7 Å².